The van der Waals surface area contributed by atoms with Crippen LogP contribution in [-0.4, -0.2) is 11.7 Å². The Morgan fingerprint density at radius 3 is 2.12 bits per heavy atom. The third kappa shape index (κ3) is 15.7. The molecule has 0 saturated carbocycles. The molecule has 0 saturated heterocycles. The van der Waals surface area contributed by atoms with Gasteiger partial charge in [-0.15, -0.1) is 0 Å². The predicted octanol–water partition coefficient (Wildman–Crippen LogP) is -5.59. The van der Waals surface area contributed by atoms with Crippen molar-refractivity contribution < 1.29 is 74.3 Å². The summed E-state index contributed by atoms with van der Waals surface area (Å²) >= 11 is 0. The molecule has 7 heteroatoms. The van der Waals surface area contributed by atoms with Crippen LogP contribution in [-0.2, 0) is 9.93 Å². The van der Waals surface area contributed by atoms with Gasteiger partial charge in [-0.3, -0.25) is 4.89 Å². The van der Waals surface area contributed by atoms with Gasteiger partial charge < -0.3 is 10.9 Å². The standard InChI is InChI=1S/CH3N2O3.2Na/c2-3-1-5-6-4;;/h1-2,4H;;/q-1;2*+1/b3-1+;;. The van der Waals surface area contributed by atoms with Crippen molar-refractivity contribution in [3.63, 3.8) is 0 Å². The average Bonchev–Trinajstić information content (AvgIpc) is 1.61. The Labute approximate surface area is 90.7 Å². The number of hydrogen-bond donors (Lipinski definition) is 1. The van der Waals surface area contributed by atoms with Crippen LogP contribution in [0.2, 0.25) is 0 Å². The second-order valence-corrected chi connectivity index (χ2v) is 0.405. The summed E-state index contributed by atoms with van der Waals surface area (Å²) in [6.45, 7) is 0. The predicted molar refractivity (Wildman–Crippen MR) is 17.6 cm³/mol. The maximum Gasteiger partial charge on any atom is 1.00 e. The average molecular weight is 137 g/mol. The topological polar surface area (TPSA) is 74.9 Å². The Morgan fingerprint density at radius 1 is 1.50 bits per heavy atom. The van der Waals surface area contributed by atoms with Crippen molar-refractivity contribution in [3.05, 3.63) is 5.84 Å². The zero-order valence-corrected chi connectivity index (χ0v) is 8.79. The van der Waals surface area contributed by atoms with E-state index in [4.69, 9.17) is 11.1 Å². The molecule has 0 atom stereocenters. The molecule has 2 N–H and O–H groups in total. The van der Waals surface area contributed by atoms with Crippen LogP contribution in [0.15, 0.2) is 5.10 Å². The van der Waals surface area contributed by atoms with E-state index in [0.29, 0.717) is 6.40 Å². The first-order valence-electron chi connectivity index (χ1n) is 1.07. The Balaban J connectivity index is -0.000000125. The summed E-state index contributed by atoms with van der Waals surface area (Å²) in [5.41, 5.74) is 0. The van der Waals surface area contributed by atoms with Crippen LogP contribution in [0.25, 0.3) is 5.84 Å². The molecular formula is CH3N2Na2O3+. The molecule has 0 aromatic carbocycles. The van der Waals surface area contributed by atoms with E-state index in [-0.39, 0.29) is 59.1 Å². The van der Waals surface area contributed by atoms with Gasteiger partial charge in [-0.25, -0.2) is 5.26 Å². The van der Waals surface area contributed by atoms with E-state index < -0.39 is 0 Å². The summed E-state index contributed by atoms with van der Waals surface area (Å²) in [6.07, 6.45) is 0.625. The molecule has 0 radical (unpaired) electrons. The Morgan fingerprint density at radius 2 is 2.00 bits per heavy atom. The molecule has 0 aromatic rings. The van der Waals surface area contributed by atoms with Crippen LogP contribution in [0.4, 0.5) is 0 Å². The van der Waals surface area contributed by atoms with Crippen molar-refractivity contribution in [2.75, 3.05) is 0 Å². The minimum atomic E-state index is 0. The molecule has 0 aliphatic heterocycles. The van der Waals surface area contributed by atoms with Crippen LogP contribution in [0, 0.1) is 0 Å². The first-order valence-corrected chi connectivity index (χ1v) is 1.07. The summed E-state index contributed by atoms with van der Waals surface area (Å²) in [5.74, 6) is 5.96. The SMILES string of the molecule is [NH-]/N=C/OOO.[Na+].[Na+]. The third-order valence-electron chi connectivity index (χ3n) is 0.139. The molecule has 0 aliphatic carbocycles. The van der Waals surface area contributed by atoms with E-state index in [1.54, 1.807) is 0 Å². The van der Waals surface area contributed by atoms with Gasteiger partial charge in [0.1, 0.15) is 0 Å². The molecular weight excluding hydrogens is 134 g/mol. The van der Waals surface area contributed by atoms with Crippen molar-refractivity contribution in [1.82, 2.24) is 0 Å². The van der Waals surface area contributed by atoms with Crippen molar-refractivity contribution in [2.45, 2.75) is 0 Å². The molecule has 0 bridgehead atoms. The minimum Gasteiger partial charge on any atom is -0.614 e. The second-order valence-electron chi connectivity index (χ2n) is 0.405. The fraction of sp³-hybridized carbons (Fsp3) is 0. The smallest absolute Gasteiger partial charge is 0.614 e. The summed E-state index contributed by atoms with van der Waals surface area (Å²) in [7, 11) is 0. The van der Waals surface area contributed by atoms with E-state index in [0.717, 1.165) is 0 Å². The first-order chi connectivity index (χ1) is 2.91. The van der Waals surface area contributed by atoms with Crippen LogP contribution in [0.5, 0.6) is 0 Å². The third-order valence-corrected chi connectivity index (χ3v) is 0.139. The molecule has 0 aromatic heterocycles. The van der Waals surface area contributed by atoms with Gasteiger partial charge >= 0.3 is 59.1 Å². The van der Waals surface area contributed by atoms with Gasteiger partial charge in [0.15, 0.2) is 0 Å². The molecule has 0 spiro atoms. The largest absolute Gasteiger partial charge is 1.00 e. The summed E-state index contributed by atoms with van der Waals surface area (Å²) in [6, 6.07) is 0. The monoisotopic (exact) mass is 137 g/mol. The molecule has 0 unspecified atom stereocenters. The molecule has 0 rings (SSSR count). The van der Waals surface area contributed by atoms with E-state index in [1.807, 2.05) is 0 Å². The minimum absolute atomic E-state index is 0. The van der Waals surface area contributed by atoms with Crippen LogP contribution < -0.4 is 59.1 Å². The Kier molecular flexibility index (Phi) is 31.6. The van der Waals surface area contributed by atoms with Crippen molar-refractivity contribution in [2.24, 2.45) is 5.10 Å². The van der Waals surface area contributed by atoms with Gasteiger partial charge in [-0.2, -0.15) is 0 Å². The zero-order chi connectivity index (χ0) is 4.83. The van der Waals surface area contributed by atoms with Crippen molar-refractivity contribution in [3.8, 4) is 0 Å². The maximum absolute atomic E-state index is 7.30. The van der Waals surface area contributed by atoms with E-state index >= 15 is 0 Å². The van der Waals surface area contributed by atoms with Gasteiger partial charge in [0, 0.05) is 0 Å². The fourth-order valence-corrected chi connectivity index (χ4v) is 0.0408. The van der Waals surface area contributed by atoms with E-state index in [1.165, 1.54) is 0 Å². The number of nitrogens with zero attached hydrogens (tertiary/aromatic N) is 1. The molecule has 36 valence electrons. The van der Waals surface area contributed by atoms with Crippen molar-refractivity contribution in [1.29, 1.82) is 0 Å². The van der Waals surface area contributed by atoms with E-state index in [9.17, 15) is 0 Å². The first kappa shape index (κ1) is 16.1. The second kappa shape index (κ2) is 15.7. The molecule has 0 amide bonds. The number of nitrogens with one attached hydrogen (secondary N) is 1. The van der Waals surface area contributed by atoms with Gasteiger partial charge in [0.05, 0.1) is 0 Å². The summed E-state index contributed by atoms with van der Waals surface area (Å²) in [4.78, 5) is 3.56. The molecule has 5 nitrogen and oxygen atoms in total. The molecule has 0 fully saturated rings. The molecule has 8 heavy (non-hydrogen) atoms. The van der Waals surface area contributed by atoms with Gasteiger partial charge in [0.2, 0.25) is 6.40 Å². The number of rotatable bonds is 2. The van der Waals surface area contributed by atoms with Crippen LogP contribution in [0.3, 0.4) is 0 Å². The van der Waals surface area contributed by atoms with Crippen LogP contribution >= 0.6 is 0 Å². The van der Waals surface area contributed by atoms with Gasteiger partial charge in [-0.05, 0) is 5.04 Å². The normalized spacial score (nSPS) is 7.12. The van der Waals surface area contributed by atoms with Crippen LogP contribution in [0.1, 0.15) is 0 Å². The Bertz CT molecular complexity index is 50.5. The number of hydrogen-bond acceptors (Lipinski definition) is 4. The van der Waals surface area contributed by atoms with E-state index in [2.05, 4.69) is 15.0 Å². The summed E-state index contributed by atoms with van der Waals surface area (Å²) < 4.78 is 0. The fourth-order valence-electron chi connectivity index (χ4n) is 0.0408. The zero-order valence-electron chi connectivity index (χ0n) is 4.79. The Hall–Kier alpha value is 1.19. The summed E-state index contributed by atoms with van der Waals surface area (Å²) in [5, 5.41) is 12.9. The quantitative estimate of drug-likeness (QED) is 0.135. The molecule has 0 heterocycles. The van der Waals surface area contributed by atoms with Gasteiger partial charge in [-0.1, -0.05) is 0 Å². The maximum atomic E-state index is 7.30. The van der Waals surface area contributed by atoms with Gasteiger partial charge in [0.25, 0.3) is 0 Å². The molecule has 0 aliphatic rings. The van der Waals surface area contributed by atoms with Crippen molar-refractivity contribution >= 4 is 6.40 Å².